The summed E-state index contributed by atoms with van der Waals surface area (Å²) in [6.07, 6.45) is 8.05. The van der Waals surface area contributed by atoms with Crippen molar-refractivity contribution in [3.63, 3.8) is 0 Å². The molecule has 32 heavy (non-hydrogen) atoms. The quantitative estimate of drug-likeness (QED) is 0.604. The summed E-state index contributed by atoms with van der Waals surface area (Å²) >= 11 is 6.48. The number of rotatable bonds is 6. The molecule has 2 fully saturated rings. The van der Waals surface area contributed by atoms with Crippen molar-refractivity contribution < 1.29 is 4.79 Å². The van der Waals surface area contributed by atoms with Gasteiger partial charge in [-0.05, 0) is 62.6 Å². The average molecular weight is 457 g/mol. The number of pyridine rings is 2. The molecule has 1 aliphatic heterocycles. The molecule has 1 amide bonds. The van der Waals surface area contributed by atoms with E-state index in [1.807, 2.05) is 29.2 Å². The van der Waals surface area contributed by atoms with E-state index >= 15 is 0 Å². The first-order valence-corrected chi connectivity index (χ1v) is 12.0. The lowest BCUT2D eigenvalue weighted by atomic mass is 9.92. The van der Waals surface area contributed by atoms with Gasteiger partial charge < -0.3 is 21.3 Å². The molecule has 4 N–H and O–H groups in total. The topological polar surface area (TPSA) is 96.2 Å². The lowest BCUT2D eigenvalue weighted by Gasteiger charge is -2.32. The Bertz CT molecular complexity index is 930. The van der Waals surface area contributed by atoms with Crippen LogP contribution in [0.3, 0.4) is 0 Å². The zero-order valence-electron chi connectivity index (χ0n) is 18.7. The Balaban J connectivity index is 1.41. The van der Waals surface area contributed by atoms with Crippen molar-refractivity contribution in [2.75, 3.05) is 30.3 Å². The Kier molecular flexibility index (Phi) is 7.48. The molecular weight excluding hydrogens is 424 g/mol. The van der Waals surface area contributed by atoms with Crippen LogP contribution in [-0.2, 0) is 4.79 Å². The number of hydrogen-bond donors (Lipinski definition) is 3. The Morgan fingerprint density at radius 3 is 2.81 bits per heavy atom. The van der Waals surface area contributed by atoms with E-state index in [0.29, 0.717) is 23.0 Å². The highest BCUT2D eigenvalue weighted by molar-refractivity contribution is 6.33. The molecule has 0 radical (unpaired) electrons. The molecule has 0 aromatic carbocycles. The van der Waals surface area contributed by atoms with E-state index in [2.05, 4.69) is 15.6 Å². The number of aromatic nitrogens is 2. The smallest absolute Gasteiger partial charge is 0.219 e. The van der Waals surface area contributed by atoms with E-state index in [-0.39, 0.29) is 5.91 Å². The van der Waals surface area contributed by atoms with Gasteiger partial charge in [0.2, 0.25) is 5.91 Å². The molecule has 4 rings (SSSR count). The summed E-state index contributed by atoms with van der Waals surface area (Å²) in [5.74, 6) is 2.22. The van der Waals surface area contributed by atoms with E-state index in [1.54, 1.807) is 13.1 Å². The van der Waals surface area contributed by atoms with Crippen LogP contribution in [0, 0.1) is 5.92 Å². The summed E-state index contributed by atoms with van der Waals surface area (Å²) in [5.41, 5.74) is 7.70. The molecule has 7 nitrogen and oxygen atoms in total. The van der Waals surface area contributed by atoms with Crippen molar-refractivity contribution in [2.45, 2.75) is 57.5 Å². The third-order valence-corrected chi connectivity index (χ3v) is 6.84. The van der Waals surface area contributed by atoms with Crippen molar-refractivity contribution in [3.8, 4) is 11.3 Å². The van der Waals surface area contributed by atoms with Crippen molar-refractivity contribution in [1.29, 1.82) is 0 Å². The Hall–Kier alpha value is -2.38. The van der Waals surface area contributed by atoms with Gasteiger partial charge in [0, 0.05) is 50.4 Å². The summed E-state index contributed by atoms with van der Waals surface area (Å²) < 4.78 is 0. The molecule has 2 aliphatic rings. The molecule has 2 aromatic heterocycles. The van der Waals surface area contributed by atoms with E-state index in [4.69, 9.17) is 22.3 Å². The Labute approximate surface area is 195 Å². The number of nitrogens with zero attached hydrogens (tertiary/aromatic N) is 3. The molecule has 3 heterocycles. The number of carbonyl (C=O) groups is 1. The van der Waals surface area contributed by atoms with E-state index < -0.39 is 0 Å². The van der Waals surface area contributed by atoms with Crippen LogP contribution in [0.1, 0.15) is 45.4 Å². The second kappa shape index (κ2) is 10.5. The maximum atomic E-state index is 11.7. The summed E-state index contributed by atoms with van der Waals surface area (Å²) in [6.45, 7) is 4.11. The van der Waals surface area contributed by atoms with Crippen LogP contribution in [-0.4, -0.2) is 52.5 Å². The van der Waals surface area contributed by atoms with Crippen LogP contribution in [0.2, 0.25) is 5.02 Å². The molecule has 1 atom stereocenters. The number of carbonyl (C=O) groups excluding carboxylic acids is 1. The standard InChI is InChI=1S/C24H33ClN6O/c1-16(32)31-11-3-4-17(15-31)13-27-23-6-2-5-22(30-23)20-12-24(28-14-21(20)25)29-19-9-7-18(26)8-10-19/h2,5-6,12,14,17-19H,3-4,7-11,13,15,26H2,1H3,(H,27,30)(H,28,29)/t17-,18?,19?/m1/s1. The fourth-order valence-electron chi connectivity index (χ4n) is 4.64. The number of amides is 1. The largest absolute Gasteiger partial charge is 0.370 e. The molecule has 172 valence electrons. The number of piperidine rings is 1. The van der Waals surface area contributed by atoms with Crippen molar-refractivity contribution in [1.82, 2.24) is 14.9 Å². The normalized spacial score (nSPS) is 23.6. The first-order chi connectivity index (χ1) is 15.5. The number of anilines is 2. The van der Waals surface area contributed by atoms with Gasteiger partial charge in [0.15, 0.2) is 0 Å². The van der Waals surface area contributed by atoms with Gasteiger partial charge in [-0.25, -0.2) is 9.97 Å². The van der Waals surface area contributed by atoms with Gasteiger partial charge in [-0.3, -0.25) is 4.79 Å². The van der Waals surface area contributed by atoms with Gasteiger partial charge in [0.1, 0.15) is 11.6 Å². The second-order valence-corrected chi connectivity index (χ2v) is 9.47. The van der Waals surface area contributed by atoms with Gasteiger partial charge in [-0.1, -0.05) is 17.7 Å². The molecular formula is C24H33ClN6O. The molecule has 2 aromatic rings. The number of nitrogens with two attached hydrogens (primary N) is 1. The zero-order chi connectivity index (χ0) is 22.5. The van der Waals surface area contributed by atoms with Gasteiger partial charge in [-0.15, -0.1) is 0 Å². The number of hydrogen-bond acceptors (Lipinski definition) is 6. The monoisotopic (exact) mass is 456 g/mol. The summed E-state index contributed by atoms with van der Waals surface area (Å²) in [6, 6.07) is 8.61. The van der Waals surface area contributed by atoms with Gasteiger partial charge in [0.25, 0.3) is 0 Å². The van der Waals surface area contributed by atoms with E-state index in [1.165, 1.54) is 0 Å². The maximum absolute atomic E-state index is 11.7. The highest BCUT2D eigenvalue weighted by Gasteiger charge is 2.22. The van der Waals surface area contributed by atoms with E-state index in [0.717, 1.165) is 81.1 Å². The van der Waals surface area contributed by atoms with Crippen molar-refractivity contribution in [2.24, 2.45) is 11.7 Å². The van der Waals surface area contributed by atoms with Gasteiger partial charge >= 0.3 is 0 Å². The molecule has 1 saturated carbocycles. The van der Waals surface area contributed by atoms with Crippen LogP contribution in [0.25, 0.3) is 11.3 Å². The third-order valence-electron chi connectivity index (χ3n) is 6.54. The predicted molar refractivity (Wildman–Crippen MR) is 130 cm³/mol. The highest BCUT2D eigenvalue weighted by atomic mass is 35.5. The zero-order valence-corrected chi connectivity index (χ0v) is 19.4. The summed E-state index contributed by atoms with van der Waals surface area (Å²) in [5, 5.41) is 7.57. The van der Waals surface area contributed by atoms with Crippen LogP contribution in [0.5, 0.6) is 0 Å². The maximum Gasteiger partial charge on any atom is 0.219 e. The number of likely N-dealkylation sites (tertiary alicyclic amines) is 1. The SMILES string of the molecule is CC(=O)N1CCC[C@H](CNc2cccc(-c3cc(NC4CCC(N)CC4)ncc3Cl)n2)C1. The molecule has 0 spiro atoms. The minimum Gasteiger partial charge on any atom is -0.370 e. The fourth-order valence-corrected chi connectivity index (χ4v) is 4.84. The highest BCUT2D eigenvalue weighted by Crippen LogP contribution is 2.30. The van der Waals surface area contributed by atoms with Gasteiger partial charge in [-0.2, -0.15) is 0 Å². The summed E-state index contributed by atoms with van der Waals surface area (Å²) in [7, 11) is 0. The van der Waals surface area contributed by atoms with Crippen LogP contribution < -0.4 is 16.4 Å². The lowest BCUT2D eigenvalue weighted by molar-refractivity contribution is -0.130. The molecule has 0 unspecified atom stereocenters. The van der Waals surface area contributed by atoms with Crippen molar-refractivity contribution in [3.05, 3.63) is 35.5 Å². The van der Waals surface area contributed by atoms with Crippen molar-refractivity contribution >= 4 is 29.1 Å². The first kappa shape index (κ1) is 22.8. The minimum atomic E-state index is 0.155. The predicted octanol–water partition coefficient (Wildman–Crippen LogP) is 4.15. The van der Waals surface area contributed by atoms with Gasteiger partial charge in [0.05, 0.1) is 10.7 Å². The minimum absolute atomic E-state index is 0.155. The first-order valence-electron chi connectivity index (χ1n) is 11.6. The molecule has 0 bridgehead atoms. The fraction of sp³-hybridized carbons (Fsp3) is 0.542. The molecule has 1 saturated heterocycles. The van der Waals surface area contributed by atoms with Crippen LogP contribution in [0.4, 0.5) is 11.6 Å². The number of nitrogens with one attached hydrogen (secondary N) is 2. The van der Waals surface area contributed by atoms with Crippen LogP contribution in [0.15, 0.2) is 30.5 Å². The Morgan fingerprint density at radius 2 is 2.03 bits per heavy atom. The van der Waals surface area contributed by atoms with E-state index in [9.17, 15) is 4.79 Å². The molecule has 1 aliphatic carbocycles. The molecule has 8 heteroatoms. The average Bonchev–Trinajstić information content (AvgIpc) is 2.81. The second-order valence-electron chi connectivity index (χ2n) is 9.07. The third kappa shape index (κ3) is 5.90. The number of halogens is 1. The Morgan fingerprint density at radius 1 is 1.22 bits per heavy atom. The lowest BCUT2D eigenvalue weighted by Crippen LogP contribution is -2.40. The van der Waals surface area contributed by atoms with Crippen LogP contribution >= 0.6 is 11.6 Å². The summed E-state index contributed by atoms with van der Waals surface area (Å²) in [4.78, 5) is 22.9.